The number of likely N-dealkylation sites (tertiary alicyclic amines) is 1. The molecule has 0 aromatic carbocycles. The van der Waals surface area contributed by atoms with Crippen molar-refractivity contribution in [2.24, 2.45) is 11.3 Å². The molecule has 2 atom stereocenters. The molecule has 17 heavy (non-hydrogen) atoms. The van der Waals surface area contributed by atoms with Crippen molar-refractivity contribution in [3.05, 3.63) is 0 Å². The Morgan fingerprint density at radius 3 is 2.76 bits per heavy atom. The van der Waals surface area contributed by atoms with Crippen LogP contribution in [-0.4, -0.2) is 42.7 Å². The molecule has 4 heteroatoms. The average molecular weight is 256 g/mol. The maximum Gasteiger partial charge on any atom is 0.220 e. The third-order valence-electron chi connectivity index (χ3n) is 4.28. The van der Waals surface area contributed by atoms with Crippen molar-refractivity contribution in [3.8, 4) is 0 Å². The van der Waals surface area contributed by atoms with Crippen molar-refractivity contribution >= 4 is 18.5 Å². The molecule has 0 aromatic heterocycles. The SMILES string of the molecule is CC1CN(C)CCC1NC(=O)CC1(CS)CC1. The lowest BCUT2D eigenvalue weighted by Crippen LogP contribution is -2.49. The van der Waals surface area contributed by atoms with Gasteiger partial charge in [-0.3, -0.25) is 4.79 Å². The monoisotopic (exact) mass is 256 g/mol. The molecule has 0 bridgehead atoms. The molecule has 2 rings (SSSR count). The largest absolute Gasteiger partial charge is 0.353 e. The lowest BCUT2D eigenvalue weighted by molar-refractivity contribution is -0.123. The highest BCUT2D eigenvalue weighted by atomic mass is 32.1. The number of carbonyl (C=O) groups is 1. The van der Waals surface area contributed by atoms with Crippen molar-refractivity contribution in [2.45, 2.75) is 38.6 Å². The van der Waals surface area contributed by atoms with Crippen molar-refractivity contribution < 1.29 is 4.79 Å². The molecule has 1 amide bonds. The second-order valence-electron chi connectivity index (χ2n) is 6.04. The van der Waals surface area contributed by atoms with E-state index in [2.05, 4.69) is 36.8 Å². The Labute approximate surface area is 110 Å². The van der Waals surface area contributed by atoms with Gasteiger partial charge in [-0.15, -0.1) is 0 Å². The quantitative estimate of drug-likeness (QED) is 0.748. The van der Waals surface area contributed by atoms with Gasteiger partial charge in [0.05, 0.1) is 0 Å². The van der Waals surface area contributed by atoms with Gasteiger partial charge in [-0.25, -0.2) is 0 Å². The summed E-state index contributed by atoms with van der Waals surface area (Å²) in [5.74, 6) is 1.64. The first-order chi connectivity index (χ1) is 8.04. The van der Waals surface area contributed by atoms with E-state index in [1.54, 1.807) is 0 Å². The van der Waals surface area contributed by atoms with E-state index in [0.29, 0.717) is 18.4 Å². The van der Waals surface area contributed by atoms with E-state index in [9.17, 15) is 4.79 Å². The molecule has 0 spiro atoms. The summed E-state index contributed by atoms with van der Waals surface area (Å²) in [6, 6.07) is 0.370. The maximum absolute atomic E-state index is 12.0. The Morgan fingerprint density at radius 2 is 2.24 bits per heavy atom. The third-order valence-corrected chi connectivity index (χ3v) is 4.95. The number of nitrogens with zero attached hydrogens (tertiary/aromatic N) is 1. The van der Waals surface area contributed by atoms with E-state index in [-0.39, 0.29) is 11.3 Å². The van der Waals surface area contributed by atoms with Gasteiger partial charge in [0, 0.05) is 19.0 Å². The van der Waals surface area contributed by atoms with Gasteiger partial charge in [0.1, 0.15) is 0 Å². The number of amides is 1. The van der Waals surface area contributed by atoms with Crippen molar-refractivity contribution in [2.75, 3.05) is 25.9 Å². The van der Waals surface area contributed by atoms with E-state index in [0.717, 1.165) is 25.3 Å². The van der Waals surface area contributed by atoms with Crippen LogP contribution in [0.2, 0.25) is 0 Å². The fraction of sp³-hybridized carbons (Fsp3) is 0.923. The van der Waals surface area contributed by atoms with Crippen molar-refractivity contribution in [1.82, 2.24) is 10.2 Å². The minimum absolute atomic E-state index is 0.234. The van der Waals surface area contributed by atoms with Crippen LogP contribution in [-0.2, 0) is 4.79 Å². The van der Waals surface area contributed by atoms with Gasteiger partial charge in [0.15, 0.2) is 0 Å². The molecule has 0 radical (unpaired) electrons. The van der Waals surface area contributed by atoms with Gasteiger partial charge in [-0.1, -0.05) is 6.92 Å². The number of thiol groups is 1. The predicted octanol–water partition coefficient (Wildman–Crippen LogP) is 1.54. The molecular formula is C13H24N2OS. The number of piperidine rings is 1. The summed E-state index contributed by atoms with van der Waals surface area (Å²) in [7, 11) is 2.15. The lowest BCUT2D eigenvalue weighted by atomic mass is 9.93. The van der Waals surface area contributed by atoms with E-state index < -0.39 is 0 Å². The fourth-order valence-corrected chi connectivity index (χ4v) is 3.16. The molecule has 0 aromatic rings. The molecular weight excluding hydrogens is 232 g/mol. The third kappa shape index (κ3) is 3.38. The van der Waals surface area contributed by atoms with Crippen LogP contribution in [0.5, 0.6) is 0 Å². The zero-order chi connectivity index (χ0) is 12.5. The number of rotatable bonds is 4. The Balaban J connectivity index is 1.78. The van der Waals surface area contributed by atoms with Gasteiger partial charge in [-0.2, -0.15) is 12.6 Å². The van der Waals surface area contributed by atoms with Gasteiger partial charge in [0.2, 0.25) is 5.91 Å². The van der Waals surface area contributed by atoms with Crippen LogP contribution >= 0.6 is 12.6 Å². The summed E-state index contributed by atoms with van der Waals surface area (Å²) in [6.07, 6.45) is 4.10. The molecule has 1 N–H and O–H groups in total. The highest BCUT2D eigenvalue weighted by molar-refractivity contribution is 7.80. The normalized spacial score (nSPS) is 32.2. The average Bonchev–Trinajstić information content (AvgIpc) is 3.03. The van der Waals surface area contributed by atoms with Gasteiger partial charge in [0.25, 0.3) is 0 Å². The minimum Gasteiger partial charge on any atom is -0.353 e. The summed E-state index contributed by atoms with van der Waals surface area (Å²) in [5.41, 5.74) is 0.238. The van der Waals surface area contributed by atoms with Crippen LogP contribution in [0.4, 0.5) is 0 Å². The van der Waals surface area contributed by atoms with E-state index in [1.807, 2.05) is 0 Å². The summed E-state index contributed by atoms with van der Waals surface area (Å²) < 4.78 is 0. The number of carbonyl (C=O) groups excluding carboxylic acids is 1. The smallest absolute Gasteiger partial charge is 0.220 e. The van der Waals surface area contributed by atoms with Crippen LogP contribution in [0.1, 0.15) is 32.6 Å². The van der Waals surface area contributed by atoms with E-state index in [4.69, 9.17) is 0 Å². The van der Waals surface area contributed by atoms with Crippen LogP contribution in [0.25, 0.3) is 0 Å². The first kappa shape index (κ1) is 13.2. The van der Waals surface area contributed by atoms with Crippen molar-refractivity contribution in [1.29, 1.82) is 0 Å². The molecule has 1 aliphatic carbocycles. The summed E-state index contributed by atoms with van der Waals surface area (Å²) in [5, 5.41) is 3.22. The molecule has 1 saturated carbocycles. The first-order valence-corrected chi connectivity index (χ1v) is 7.27. The lowest BCUT2D eigenvalue weighted by Gasteiger charge is -2.35. The standard InChI is InChI=1S/C13H24N2OS/c1-10-8-15(2)6-3-11(10)14-12(16)7-13(9-17)4-5-13/h10-11,17H,3-9H2,1-2H3,(H,14,16). The first-order valence-electron chi connectivity index (χ1n) is 6.63. The Bertz CT molecular complexity index is 291. The highest BCUT2D eigenvalue weighted by Gasteiger charge is 2.43. The zero-order valence-electron chi connectivity index (χ0n) is 10.9. The molecule has 1 aliphatic heterocycles. The highest BCUT2D eigenvalue weighted by Crippen LogP contribution is 2.49. The minimum atomic E-state index is 0.234. The molecule has 3 nitrogen and oxygen atoms in total. The van der Waals surface area contributed by atoms with Crippen LogP contribution < -0.4 is 5.32 Å². The van der Waals surface area contributed by atoms with Gasteiger partial charge in [-0.05, 0) is 49.9 Å². The maximum atomic E-state index is 12.0. The Hall–Kier alpha value is -0.220. The summed E-state index contributed by atoms with van der Waals surface area (Å²) in [6.45, 7) is 4.40. The van der Waals surface area contributed by atoms with Gasteiger partial charge < -0.3 is 10.2 Å². The predicted molar refractivity (Wildman–Crippen MR) is 73.3 cm³/mol. The Morgan fingerprint density at radius 1 is 1.53 bits per heavy atom. The number of hydrogen-bond acceptors (Lipinski definition) is 3. The van der Waals surface area contributed by atoms with Crippen LogP contribution in [0.15, 0.2) is 0 Å². The topological polar surface area (TPSA) is 32.3 Å². The van der Waals surface area contributed by atoms with E-state index in [1.165, 1.54) is 12.8 Å². The van der Waals surface area contributed by atoms with Crippen LogP contribution in [0.3, 0.4) is 0 Å². The summed E-state index contributed by atoms with van der Waals surface area (Å²) >= 11 is 4.35. The van der Waals surface area contributed by atoms with Crippen LogP contribution in [0, 0.1) is 11.3 Å². The zero-order valence-corrected chi connectivity index (χ0v) is 11.8. The summed E-state index contributed by atoms with van der Waals surface area (Å²) in [4.78, 5) is 14.3. The molecule has 1 heterocycles. The molecule has 2 fully saturated rings. The second kappa shape index (κ2) is 5.19. The molecule has 1 saturated heterocycles. The second-order valence-corrected chi connectivity index (χ2v) is 6.35. The molecule has 2 aliphatic rings. The number of nitrogens with one attached hydrogen (secondary N) is 1. The van der Waals surface area contributed by atoms with E-state index >= 15 is 0 Å². The molecule has 98 valence electrons. The number of hydrogen-bond donors (Lipinski definition) is 2. The fourth-order valence-electron chi connectivity index (χ4n) is 2.73. The molecule has 2 unspecified atom stereocenters. The van der Waals surface area contributed by atoms with Crippen molar-refractivity contribution in [3.63, 3.8) is 0 Å². The van der Waals surface area contributed by atoms with Gasteiger partial charge >= 0.3 is 0 Å². The Kier molecular flexibility index (Phi) is 4.03.